The van der Waals surface area contributed by atoms with Crippen molar-refractivity contribution in [2.75, 3.05) is 19.8 Å². The largest absolute Gasteiger partial charge is 0.381 e. The highest BCUT2D eigenvalue weighted by atomic mass is 16.5. The van der Waals surface area contributed by atoms with E-state index in [1.807, 2.05) is 18.2 Å². The summed E-state index contributed by atoms with van der Waals surface area (Å²) in [6.07, 6.45) is 2.26. The van der Waals surface area contributed by atoms with Gasteiger partial charge in [-0.05, 0) is 48.4 Å². The summed E-state index contributed by atoms with van der Waals surface area (Å²) in [6.45, 7) is 8.05. The molecular weight excluding hydrogens is 236 g/mol. The quantitative estimate of drug-likeness (QED) is 0.903. The summed E-state index contributed by atoms with van der Waals surface area (Å²) >= 11 is 0. The first-order chi connectivity index (χ1) is 9.13. The topological polar surface area (TPSA) is 45.0 Å². The molecule has 0 spiro atoms. The predicted octanol–water partition coefficient (Wildman–Crippen LogP) is 2.77. The van der Waals surface area contributed by atoms with Gasteiger partial charge in [-0.1, -0.05) is 13.0 Å². The van der Waals surface area contributed by atoms with Crippen LogP contribution in [0.3, 0.4) is 0 Å². The van der Waals surface area contributed by atoms with Crippen molar-refractivity contribution in [3.63, 3.8) is 0 Å². The van der Waals surface area contributed by atoms with Gasteiger partial charge in [0.05, 0.1) is 11.6 Å². The molecule has 0 amide bonds. The highest BCUT2D eigenvalue weighted by molar-refractivity contribution is 5.37. The van der Waals surface area contributed by atoms with Crippen molar-refractivity contribution in [1.29, 1.82) is 5.26 Å². The van der Waals surface area contributed by atoms with Crippen molar-refractivity contribution < 1.29 is 4.74 Å². The number of hydrogen-bond acceptors (Lipinski definition) is 3. The van der Waals surface area contributed by atoms with Gasteiger partial charge in [-0.15, -0.1) is 0 Å². The second kappa shape index (κ2) is 6.18. The molecule has 1 aromatic carbocycles. The average molecular weight is 258 g/mol. The van der Waals surface area contributed by atoms with Crippen LogP contribution in [-0.2, 0) is 11.3 Å². The van der Waals surface area contributed by atoms with Crippen LogP contribution in [0.4, 0.5) is 0 Å². The molecule has 1 heterocycles. The molecule has 0 aliphatic carbocycles. The molecule has 0 radical (unpaired) electrons. The van der Waals surface area contributed by atoms with Gasteiger partial charge in [0.2, 0.25) is 0 Å². The van der Waals surface area contributed by atoms with Crippen molar-refractivity contribution in [3.05, 3.63) is 34.9 Å². The van der Waals surface area contributed by atoms with Crippen LogP contribution in [0.2, 0.25) is 0 Å². The second-order valence-corrected chi connectivity index (χ2v) is 5.78. The summed E-state index contributed by atoms with van der Waals surface area (Å²) in [5, 5.41) is 12.4. The molecule has 3 nitrogen and oxygen atoms in total. The fourth-order valence-corrected chi connectivity index (χ4v) is 2.50. The minimum atomic E-state index is 0.360. The zero-order valence-corrected chi connectivity index (χ0v) is 11.8. The third-order valence-electron chi connectivity index (χ3n) is 4.04. The molecule has 0 saturated carbocycles. The summed E-state index contributed by atoms with van der Waals surface area (Å²) in [5.41, 5.74) is 3.55. The lowest BCUT2D eigenvalue weighted by Crippen LogP contribution is -2.36. The average Bonchev–Trinajstić information content (AvgIpc) is 2.41. The van der Waals surface area contributed by atoms with E-state index in [0.29, 0.717) is 5.41 Å². The summed E-state index contributed by atoms with van der Waals surface area (Å²) in [6, 6.07) is 8.06. The summed E-state index contributed by atoms with van der Waals surface area (Å²) in [7, 11) is 0. The Kier molecular flexibility index (Phi) is 4.57. The van der Waals surface area contributed by atoms with Gasteiger partial charge >= 0.3 is 0 Å². The normalized spacial score (nSPS) is 17.9. The summed E-state index contributed by atoms with van der Waals surface area (Å²) in [5.74, 6) is 0. The molecule has 3 heteroatoms. The Balaban J connectivity index is 1.87. The van der Waals surface area contributed by atoms with Gasteiger partial charge in [0, 0.05) is 26.3 Å². The number of nitriles is 1. The van der Waals surface area contributed by atoms with Crippen molar-refractivity contribution in [3.8, 4) is 6.07 Å². The zero-order chi connectivity index (χ0) is 13.7. The Hall–Kier alpha value is -1.37. The van der Waals surface area contributed by atoms with Crippen LogP contribution in [0, 0.1) is 23.7 Å². The molecule has 1 aliphatic rings. The molecule has 19 heavy (non-hydrogen) atoms. The van der Waals surface area contributed by atoms with E-state index < -0.39 is 0 Å². The van der Waals surface area contributed by atoms with Gasteiger partial charge in [-0.3, -0.25) is 0 Å². The highest BCUT2D eigenvalue weighted by Crippen LogP contribution is 2.28. The molecule has 1 saturated heterocycles. The maximum atomic E-state index is 8.86. The molecule has 1 N–H and O–H groups in total. The maximum absolute atomic E-state index is 8.86. The highest BCUT2D eigenvalue weighted by Gasteiger charge is 2.26. The molecule has 0 bridgehead atoms. The Morgan fingerprint density at radius 3 is 2.74 bits per heavy atom. The molecule has 1 aromatic rings. The summed E-state index contributed by atoms with van der Waals surface area (Å²) in [4.78, 5) is 0. The number of rotatable bonds is 4. The van der Waals surface area contributed by atoms with Gasteiger partial charge in [-0.25, -0.2) is 0 Å². The number of nitrogens with zero attached hydrogens (tertiary/aromatic N) is 1. The van der Waals surface area contributed by atoms with Gasteiger partial charge in [-0.2, -0.15) is 5.26 Å². The van der Waals surface area contributed by atoms with E-state index in [0.717, 1.165) is 44.7 Å². The van der Waals surface area contributed by atoms with Crippen LogP contribution < -0.4 is 5.32 Å². The zero-order valence-electron chi connectivity index (χ0n) is 11.8. The third-order valence-corrected chi connectivity index (χ3v) is 4.04. The second-order valence-electron chi connectivity index (χ2n) is 5.78. The Morgan fingerprint density at radius 1 is 1.37 bits per heavy atom. The lowest BCUT2D eigenvalue weighted by Gasteiger charge is -2.33. The first-order valence-electron chi connectivity index (χ1n) is 6.91. The van der Waals surface area contributed by atoms with Crippen molar-refractivity contribution in [1.82, 2.24) is 5.32 Å². The Bertz CT molecular complexity index is 470. The van der Waals surface area contributed by atoms with Crippen molar-refractivity contribution in [2.45, 2.75) is 33.2 Å². The minimum absolute atomic E-state index is 0.360. The molecular formula is C16H22N2O. The van der Waals surface area contributed by atoms with Gasteiger partial charge in [0.15, 0.2) is 0 Å². The number of hydrogen-bond donors (Lipinski definition) is 1. The minimum Gasteiger partial charge on any atom is -0.381 e. The molecule has 2 rings (SSSR count). The first-order valence-corrected chi connectivity index (χ1v) is 6.91. The van der Waals surface area contributed by atoms with Crippen molar-refractivity contribution in [2.24, 2.45) is 5.41 Å². The molecule has 1 aliphatic heterocycles. The summed E-state index contributed by atoms with van der Waals surface area (Å²) < 4.78 is 5.42. The molecule has 0 atom stereocenters. The number of nitrogens with one attached hydrogen (secondary N) is 1. The van der Waals surface area contributed by atoms with E-state index in [-0.39, 0.29) is 0 Å². The van der Waals surface area contributed by atoms with Crippen molar-refractivity contribution >= 4 is 0 Å². The van der Waals surface area contributed by atoms with E-state index in [2.05, 4.69) is 25.2 Å². The number of ether oxygens (including phenoxy) is 1. The standard InChI is InChI=1S/C16H22N2O/c1-13-9-14(10-17)3-4-15(13)11-18-12-16(2)5-7-19-8-6-16/h3-4,9,18H,5-8,11-12H2,1-2H3. The fourth-order valence-electron chi connectivity index (χ4n) is 2.50. The van der Waals surface area contributed by atoms with E-state index in [9.17, 15) is 0 Å². The molecule has 102 valence electrons. The van der Waals surface area contributed by atoms with E-state index >= 15 is 0 Å². The Labute approximate surface area is 115 Å². The first kappa shape index (κ1) is 14.0. The monoisotopic (exact) mass is 258 g/mol. The van der Waals surface area contributed by atoms with Gasteiger partial charge in [0.25, 0.3) is 0 Å². The van der Waals surface area contributed by atoms with Gasteiger partial charge in [0.1, 0.15) is 0 Å². The van der Waals surface area contributed by atoms with Crippen LogP contribution in [0.15, 0.2) is 18.2 Å². The van der Waals surface area contributed by atoms with Crippen LogP contribution in [-0.4, -0.2) is 19.8 Å². The van der Waals surface area contributed by atoms with E-state index in [1.54, 1.807) is 0 Å². The SMILES string of the molecule is Cc1cc(C#N)ccc1CNCC1(C)CCOCC1. The Morgan fingerprint density at radius 2 is 2.11 bits per heavy atom. The molecule has 0 aromatic heterocycles. The van der Waals surface area contributed by atoms with Crippen LogP contribution in [0.25, 0.3) is 0 Å². The smallest absolute Gasteiger partial charge is 0.0991 e. The molecule has 0 unspecified atom stereocenters. The molecule has 1 fully saturated rings. The lowest BCUT2D eigenvalue weighted by atomic mass is 9.82. The van der Waals surface area contributed by atoms with E-state index in [4.69, 9.17) is 10.00 Å². The lowest BCUT2D eigenvalue weighted by molar-refractivity contribution is 0.0240. The number of aryl methyl sites for hydroxylation is 1. The van der Waals surface area contributed by atoms with Crippen LogP contribution >= 0.6 is 0 Å². The third kappa shape index (κ3) is 3.79. The maximum Gasteiger partial charge on any atom is 0.0991 e. The fraction of sp³-hybridized carbons (Fsp3) is 0.562. The number of benzene rings is 1. The van der Waals surface area contributed by atoms with E-state index in [1.165, 1.54) is 11.1 Å². The van der Waals surface area contributed by atoms with Gasteiger partial charge < -0.3 is 10.1 Å². The van der Waals surface area contributed by atoms with Crippen LogP contribution in [0.1, 0.15) is 36.5 Å². The predicted molar refractivity (Wildman–Crippen MR) is 75.8 cm³/mol. The van der Waals surface area contributed by atoms with Crippen LogP contribution in [0.5, 0.6) is 0 Å².